The van der Waals surface area contributed by atoms with Crippen molar-refractivity contribution in [3.63, 3.8) is 0 Å². The zero-order valence-electron chi connectivity index (χ0n) is 6.14. The van der Waals surface area contributed by atoms with Crippen LogP contribution < -0.4 is 5.32 Å². The van der Waals surface area contributed by atoms with E-state index in [4.69, 9.17) is 0 Å². The Morgan fingerprint density at radius 1 is 1.50 bits per heavy atom. The molecule has 0 aliphatic carbocycles. The van der Waals surface area contributed by atoms with Gasteiger partial charge < -0.3 is 5.32 Å². The highest BCUT2D eigenvalue weighted by Crippen LogP contribution is 2.16. The molecule has 0 fully saturated rings. The minimum absolute atomic E-state index is 0.355. The minimum Gasteiger partial charge on any atom is -0.307 e. The number of nitrogens with one attached hydrogen (secondary N) is 1. The van der Waals surface area contributed by atoms with Gasteiger partial charge in [0.2, 0.25) is 0 Å². The molecule has 1 aromatic rings. The lowest BCUT2D eigenvalue weighted by Gasteiger charge is -2.03. The molecular weight excluding hydrogens is 156 g/mol. The van der Waals surface area contributed by atoms with Crippen molar-refractivity contribution >= 4 is 6.03 Å². The number of aromatic nitrogens is 1. The van der Waals surface area contributed by atoms with Crippen molar-refractivity contribution in [2.24, 2.45) is 10.2 Å². The third kappa shape index (κ3) is 1.16. The molecule has 2 heterocycles. The van der Waals surface area contributed by atoms with E-state index in [1.54, 1.807) is 18.5 Å². The quantitative estimate of drug-likeness (QED) is 0.675. The van der Waals surface area contributed by atoms with Gasteiger partial charge in [0.05, 0.1) is 0 Å². The van der Waals surface area contributed by atoms with Crippen molar-refractivity contribution in [2.75, 3.05) is 0 Å². The minimum atomic E-state index is -0.399. The maximum Gasteiger partial charge on any atom is 0.361 e. The number of pyridine rings is 1. The molecule has 0 saturated heterocycles. The molecule has 1 unspecified atom stereocenters. The Labute approximate surface area is 68.5 Å². The Kier molecular flexibility index (Phi) is 1.55. The van der Waals surface area contributed by atoms with Crippen LogP contribution in [0.4, 0.5) is 4.79 Å². The third-order valence-electron chi connectivity index (χ3n) is 1.52. The normalized spacial score (nSPS) is 21.0. The number of hydrogen-bond donors (Lipinski definition) is 1. The Morgan fingerprint density at radius 3 is 3.00 bits per heavy atom. The van der Waals surface area contributed by atoms with Gasteiger partial charge in [-0.3, -0.25) is 4.98 Å². The zero-order valence-corrected chi connectivity index (χ0v) is 6.14. The van der Waals surface area contributed by atoms with Gasteiger partial charge in [0, 0.05) is 18.0 Å². The number of hydrogen-bond acceptors (Lipinski definition) is 3. The summed E-state index contributed by atoms with van der Waals surface area (Å²) >= 11 is 0. The second kappa shape index (κ2) is 2.69. The van der Waals surface area contributed by atoms with Crippen molar-refractivity contribution in [3.8, 4) is 0 Å². The van der Waals surface area contributed by atoms with E-state index in [0.717, 1.165) is 5.56 Å². The van der Waals surface area contributed by atoms with Crippen LogP contribution in [0.1, 0.15) is 11.7 Å². The van der Waals surface area contributed by atoms with E-state index in [0.29, 0.717) is 0 Å². The lowest BCUT2D eigenvalue weighted by Crippen LogP contribution is -2.17. The summed E-state index contributed by atoms with van der Waals surface area (Å²) in [6.45, 7) is 0. The van der Waals surface area contributed by atoms with Gasteiger partial charge in [0.25, 0.3) is 0 Å². The topological polar surface area (TPSA) is 66.7 Å². The number of azo groups is 1. The van der Waals surface area contributed by atoms with Crippen LogP contribution >= 0.6 is 0 Å². The molecule has 0 radical (unpaired) electrons. The number of urea groups is 1. The van der Waals surface area contributed by atoms with E-state index in [2.05, 4.69) is 20.5 Å². The number of rotatable bonds is 1. The highest BCUT2D eigenvalue weighted by atomic mass is 16.2. The van der Waals surface area contributed by atoms with E-state index in [1.165, 1.54) is 0 Å². The molecule has 5 heteroatoms. The molecule has 1 atom stereocenters. The predicted molar refractivity (Wildman–Crippen MR) is 40.4 cm³/mol. The van der Waals surface area contributed by atoms with E-state index in [9.17, 15) is 4.79 Å². The van der Waals surface area contributed by atoms with Crippen molar-refractivity contribution in [2.45, 2.75) is 6.17 Å². The summed E-state index contributed by atoms with van der Waals surface area (Å²) in [5.41, 5.74) is 0.840. The molecule has 1 aromatic heterocycles. The highest BCUT2D eigenvalue weighted by Gasteiger charge is 2.18. The number of carbonyl (C=O) groups excluding carboxylic acids is 1. The predicted octanol–water partition coefficient (Wildman–Crippen LogP) is 1.26. The van der Waals surface area contributed by atoms with Gasteiger partial charge in [-0.15, -0.1) is 0 Å². The average molecular weight is 162 g/mol. The fourth-order valence-corrected chi connectivity index (χ4v) is 0.973. The maximum absolute atomic E-state index is 10.6. The molecule has 1 N–H and O–H groups in total. The number of carbonyl (C=O) groups is 1. The first-order chi connectivity index (χ1) is 5.86. The summed E-state index contributed by atoms with van der Waals surface area (Å²) in [5, 5.41) is 9.61. The van der Waals surface area contributed by atoms with Gasteiger partial charge in [0.15, 0.2) is 6.17 Å². The van der Waals surface area contributed by atoms with Gasteiger partial charge in [-0.25, -0.2) is 4.79 Å². The van der Waals surface area contributed by atoms with Crippen LogP contribution in [-0.4, -0.2) is 11.0 Å². The molecule has 12 heavy (non-hydrogen) atoms. The summed E-state index contributed by atoms with van der Waals surface area (Å²) in [4.78, 5) is 14.5. The summed E-state index contributed by atoms with van der Waals surface area (Å²) in [6, 6.07) is 3.22. The summed E-state index contributed by atoms with van der Waals surface area (Å²) in [7, 11) is 0. The summed E-state index contributed by atoms with van der Waals surface area (Å²) in [6.07, 6.45) is 2.96. The Hall–Kier alpha value is -1.78. The molecule has 0 saturated carbocycles. The van der Waals surface area contributed by atoms with Crippen molar-refractivity contribution in [3.05, 3.63) is 30.1 Å². The van der Waals surface area contributed by atoms with Crippen LogP contribution in [-0.2, 0) is 0 Å². The zero-order chi connectivity index (χ0) is 8.39. The van der Waals surface area contributed by atoms with E-state index >= 15 is 0 Å². The van der Waals surface area contributed by atoms with Crippen LogP contribution in [0.25, 0.3) is 0 Å². The molecule has 0 bridgehead atoms. The Bertz CT molecular complexity index is 321. The molecule has 60 valence electrons. The van der Waals surface area contributed by atoms with Gasteiger partial charge in [-0.1, -0.05) is 11.2 Å². The molecule has 0 aromatic carbocycles. The van der Waals surface area contributed by atoms with Gasteiger partial charge in [-0.05, 0) is 6.07 Å². The first-order valence-corrected chi connectivity index (χ1v) is 3.47. The molecule has 2 amide bonds. The van der Waals surface area contributed by atoms with Crippen molar-refractivity contribution in [1.29, 1.82) is 0 Å². The maximum atomic E-state index is 10.6. The van der Waals surface area contributed by atoms with Gasteiger partial charge >= 0.3 is 6.03 Å². The number of nitrogens with zero attached hydrogens (tertiary/aromatic N) is 3. The first kappa shape index (κ1) is 6.90. The Morgan fingerprint density at radius 2 is 2.42 bits per heavy atom. The van der Waals surface area contributed by atoms with Crippen LogP contribution in [0.5, 0.6) is 0 Å². The smallest absolute Gasteiger partial charge is 0.307 e. The molecule has 2 rings (SSSR count). The lowest BCUT2D eigenvalue weighted by atomic mass is 10.2. The second-order valence-electron chi connectivity index (χ2n) is 2.35. The Balaban J connectivity index is 2.23. The fraction of sp³-hybridized carbons (Fsp3) is 0.143. The van der Waals surface area contributed by atoms with Crippen molar-refractivity contribution < 1.29 is 4.79 Å². The van der Waals surface area contributed by atoms with Crippen molar-refractivity contribution in [1.82, 2.24) is 10.3 Å². The molecule has 5 nitrogen and oxygen atoms in total. The van der Waals surface area contributed by atoms with Crippen LogP contribution in [0, 0.1) is 0 Å². The first-order valence-electron chi connectivity index (χ1n) is 3.47. The summed E-state index contributed by atoms with van der Waals surface area (Å²) in [5.74, 6) is 0. The monoisotopic (exact) mass is 162 g/mol. The molecular formula is C7H6N4O. The number of amides is 2. The third-order valence-corrected chi connectivity index (χ3v) is 1.52. The SMILES string of the molecule is O=C1N=NC(c2cccnc2)N1. The molecule has 0 spiro atoms. The van der Waals surface area contributed by atoms with Gasteiger partial charge in [-0.2, -0.15) is 5.11 Å². The molecule has 1 aliphatic rings. The largest absolute Gasteiger partial charge is 0.361 e. The van der Waals surface area contributed by atoms with E-state index < -0.39 is 6.03 Å². The standard InChI is InChI=1S/C7H6N4O/c12-7-9-6(10-11-7)5-2-1-3-8-4-5/h1-4,6H,(H,9,12). The average Bonchev–Trinajstić information content (AvgIpc) is 2.54. The lowest BCUT2D eigenvalue weighted by molar-refractivity contribution is 0.250. The van der Waals surface area contributed by atoms with E-state index in [-0.39, 0.29) is 6.17 Å². The molecule has 1 aliphatic heterocycles. The van der Waals surface area contributed by atoms with Crippen LogP contribution in [0.2, 0.25) is 0 Å². The van der Waals surface area contributed by atoms with Crippen LogP contribution in [0.15, 0.2) is 34.8 Å². The highest BCUT2D eigenvalue weighted by molar-refractivity contribution is 5.76. The van der Waals surface area contributed by atoms with E-state index in [1.807, 2.05) is 6.07 Å². The second-order valence-corrected chi connectivity index (χ2v) is 2.35. The van der Waals surface area contributed by atoms with Gasteiger partial charge in [0.1, 0.15) is 0 Å². The fourth-order valence-electron chi connectivity index (χ4n) is 0.973. The van der Waals surface area contributed by atoms with Crippen LogP contribution in [0.3, 0.4) is 0 Å². The summed E-state index contributed by atoms with van der Waals surface area (Å²) < 4.78 is 0.